The summed E-state index contributed by atoms with van der Waals surface area (Å²) in [7, 11) is 0. The molecule has 0 aliphatic heterocycles. The Kier molecular flexibility index (Phi) is 10.8. The standard InChI is InChI=1S/C26H22Cl3F7O2/c1-13(7-17(37)5-6-25(31,32)33)8-23(38)18-4-3-15(9-14(18)2)22(30)12-19(26(34,35)36)16-10-20(27)24(29)21(28)11-16/h3-4,9-13,19H,5-8H2,1-2H3/b22-12-/t13-,19?/m1/s1. The Morgan fingerprint density at radius 2 is 1.53 bits per heavy atom. The summed E-state index contributed by atoms with van der Waals surface area (Å²) in [6.07, 6.45) is -11.3. The third-order valence-corrected chi connectivity index (χ3v) is 6.83. The van der Waals surface area contributed by atoms with E-state index in [9.17, 15) is 40.3 Å². The van der Waals surface area contributed by atoms with Crippen molar-refractivity contribution >= 4 is 52.2 Å². The molecular formula is C26H22Cl3F7O2. The minimum absolute atomic E-state index is 0.140. The molecule has 2 rings (SSSR count). The number of ketones is 2. The van der Waals surface area contributed by atoms with Crippen LogP contribution in [0.3, 0.4) is 0 Å². The van der Waals surface area contributed by atoms with Crippen molar-refractivity contribution in [2.75, 3.05) is 0 Å². The molecule has 0 amide bonds. The molecule has 0 aliphatic carbocycles. The second-order valence-electron chi connectivity index (χ2n) is 8.95. The highest BCUT2D eigenvalue weighted by Gasteiger charge is 2.40. The zero-order chi connectivity index (χ0) is 29.0. The van der Waals surface area contributed by atoms with Crippen molar-refractivity contribution in [1.29, 1.82) is 0 Å². The molecule has 0 heterocycles. The number of Topliss-reactive ketones (excluding diaryl/α,β-unsaturated/α-hetero) is 2. The molecule has 0 spiro atoms. The Bertz CT molecular complexity index is 1200. The molecule has 0 bridgehead atoms. The summed E-state index contributed by atoms with van der Waals surface area (Å²) in [6, 6.07) is 5.48. The summed E-state index contributed by atoms with van der Waals surface area (Å²) in [4.78, 5) is 24.4. The van der Waals surface area contributed by atoms with E-state index in [4.69, 9.17) is 34.8 Å². The van der Waals surface area contributed by atoms with Crippen molar-refractivity contribution in [3.8, 4) is 0 Å². The topological polar surface area (TPSA) is 34.1 Å². The van der Waals surface area contributed by atoms with Gasteiger partial charge in [0.1, 0.15) is 17.5 Å². The summed E-state index contributed by atoms with van der Waals surface area (Å²) in [5, 5.41) is -0.599. The Morgan fingerprint density at radius 1 is 0.947 bits per heavy atom. The van der Waals surface area contributed by atoms with E-state index in [-0.39, 0.29) is 44.6 Å². The lowest BCUT2D eigenvalue weighted by molar-refractivity contribution is -0.143. The Balaban J connectivity index is 2.21. The molecule has 38 heavy (non-hydrogen) atoms. The molecule has 2 aromatic rings. The zero-order valence-corrected chi connectivity index (χ0v) is 22.3. The maximum Gasteiger partial charge on any atom is 0.399 e. The Hall–Kier alpha value is -2.10. The van der Waals surface area contributed by atoms with Crippen LogP contribution < -0.4 is 0 Å². The number of alkyl halides is 6. The molecular weight excluding hydrogens is 584 g/mol. The number of halogens is 10. The van der Waals surface area contributed by atoms with Crippen LogP contribution in [-0.2, 0) is 4.79 Å². The van der Waals surface area contributed by atoms with Gasteiger partial charge in [0, 0.05) is 30.4 Å². The molecule has 2 atom stereocenters. The van der Waals surface area contributed by atoms with Crippen molar-refractivity contribution in [2.45, 2.75) is 57.8 Å². The predicted molar refractivity (Wildman–Crippen MR) is 134 cm³/mol. The fraction of sp³-hybridized carbons (Fsp3) is 0.385. The maximum atomic E-state index is 15.0. The molecule has 0 aliphatic rings. The largest absolute Gasteiger partial charge is 0.399 e. The van der Waals surface area contributed by atoms with Gasteiger partial charge in [0.25, 0.3) is 0 Å². The van der Waals surface area contributed by atoms with Crippen LogP contribution in [0.2, 0.25) is 15.1 Å². The molecule has 0 saturated heterocycles. The average molecular weight is 606 g/mol. The van der Waals surface area contributed by atoms with Crippen LogP contribution in [0.1, 0.15) is 65.6 Å². The van der Waals surface area contributed by atoms with E-state index in [1.165, 1.54) is 19.1 Å². The first kappa shape index (κ1) is 32.1. The van der Waals surface area contributed by atoms with E-state index < -0.39 is 60.0 Å². The number of benzene rings is 2. The van der Waals surface area contributed by atoms with Crippen LogP contribution in [0.5, 0.6) is 0 Å². The number of hydrogen-bond acceptors (Lipinski definition) is 2. The van der Waals surface area contributed by atoms with E-state index in [1.54, 1.807) is 6.92 Å². The van der Waals surface area contributed by atoms with Gasteiger partial charge in [-0.3, -0.25) is 9.59 Å². The number of aryl methyl sites for hydroxylation is 1. The normalized spacial score (nSPS) is 14.4. The summed E-state index contributed by atoms with van der Waals surface area (Å²) >= 11 is 17.5. The number of hydrogen-bond donors (Lipinski definition) is 0. The first-order chi connectivity index (χ1) is 17.4. The summed E-state index contributed by atoms with van der Waals surface area (Å²) < 4.78 is 93.1. The van der Waals surface area contributed by atoms with Crippen molar-refractivity contribution in [3.63, 3.8) is 0 Å². The van der Waals surface area contributed by atoms with Crippen molar-refractivity contribution in [3.05, 3.63) is 73.7 Å². The quantitative estimate of drug-likeness (QED) is 0.153. The highest BCUT2D eigenvalue weighted by molar-refractivity contribution is 6.48. The Morgan fingerprint density at radius 3 is 2.03 bits per heavy atom. The highest BCUT2D eigenvalue weighted by Crippen LogP contribution is 2.42. The SMILES string of the molecule is Cc1cc(/C(F)=C/C(c2cc(Cl)c(Cl)c(Cl)c2)C(F)(F)F)ccc1C(=O)C[C@H](C)CC(=O)CCC(F)(F)F. The first-order valence-electron chi connectivity index (χ1n) is 11.2. The van der Waals surface area contributed by atoms with Gasteiger partial charge in [-0.05, 0) is 48.2 Å². The lowest BCUT2D eigenvalue weighted by Gasteiger charge is -2.19. The molecule has 0 saturated carbocycles. The summed E-state index contributed by atoms with van der Waals surface area (Å²) in [5.74, 6) is -5.20. The molecule has 2 aromatic carbocycles. The van der Waals surface area contributed by atoms with Crippen molar-refractivity contribution < 1.29 is 40.3 Å². The smallest absolute Gasteiger partial charge is 0.300 e. The van der Waals surface area contributed by atoms with Crippen molar-refractivity contribution in [1.82, 2.24) is 0 Å². The molecule has 0 N–H and O–H groups in total. The molecule has 1 unspecified atom stereocenters. The van der Waals surface area contributed by atoms with Gasteiger partial charge in [-0.25, -0.2) is 4.39 Å². The van der Waals surface area contributed by atoms with Gasteiger partial charge in [-0.15, -0.1) is 0 Å². The van der Waals surface area contributed by atoms with E-state index >= 15 is 0 Å². The van der Waals surface area contributed by atoms with E-state index in [0.29, 0.717) is 6.08 Å². The summed E-state index contributed by atoms with van der Waals surface area (Å²) in [6.45, 7) is 3.01. The van der Waals surface area contributed by atoms with Gasteiger partial charge in [0.05, 0.1) is 21.5 Å². The number of carbonyl (C=O) groups is 2. The van der Waals surface area contributed by atoms with Crippen LogP contribution in [0.4, 0.5) is 30.7 Å². The molecule has 0 fully saturated rings. The predicted octanol–water partition coefficient (Wildman–Crippen LogP) is 10.1. The van der Waals surface area contributed by atoms with Crippen LogP contribution >= 0.6 is 34.8 Å². The lowest BCUT2D eigenvalue weighted by atomic mass is 9.91. The number of allylic oxidation sites excluding steroid dienone is 1. The third-order valence-electron chi connectivity index (χ3n) is 5.63. The van der Waals surface area contributed by atoms with Crippen LogP contribution in [-0.4, -0.2) is 23.9 Å². The fourth-order valence-electron chi connectivity index (χ4n) is 3.77. The van der Waals surface area contributed by atoms with Gasteiger partial charge >= 0.3 is 12.4 Å². The lowest BCUT2D eigenvalue weighted by Crippen LogP contribution is -2.19. The van der Waals surface area contributed by atoms with Crippen LogP contribution in [0.15, 0.2) is 36.4 Å². The van der Waals surface area contributed by atoms with Gasteiger partial charge in [0.15, 0.2) is 5.78 Å². The molecule has 2 nitrogen and oxygen atoms in total. The molecule has 208 valence electrons. The number of rotatable bonds is 10. The van der Waals surface area contributed by atoms with Gasteiger partial charge in [0.2, 0.25) is 0 Å². The minimum Gasteiger partial charge on any atom is -0.300 e. The van der Waals surface area contributed by atoms with Crippen molar-refractivity contribution in [2.24, 2.45) is 5.92 Å². The average Bonchev–Trinajstić information content (AvgIpc) is 2.77. The minimum atomic E-state index is -4.89. The zero-order valence-electron chi connectivity index (χ0n) is 20.0. The van der Waals surface area contributed by atoms with E-state index in [1.807, 2.05) is 0 Å². The maximum absolute atomic E-state index is 15.0. The summed E-state index contributed by atoms with van der Waals surface area (Å²) in [5.41, 5.74) is -0.211. The fourth-order valence-corrected chi connectivity index (χ4v) is 4.39. The highest BCUT2D eigenvalue weighted by atomic mass is 35.5. The van der Waals surface area contributed by atoms with E-state index in [2.05, 4.69) is 0 Å². The van der Waals surface area contributed by atoms with Crippen LogP contribution in [0, 0.1) is 12.8 Å². The monoisotopic (exact) mass is 604 g/mol. The van der Waals surface area contributed by atoms with Gasteiger partial charge in [-0.2, -0.15) is 26.3 Å². The Labute approximate surface area is 229 Å². The van der Waals surface area contributed by atoms with Crippen LogP contribution in [0.25, 0.3) is 5.83 Å². The van der Waals surface area contributed by atoms with E-state index in [0.717, 1.165) is 18.2 Å². The third kappa shape index (κ3) is 9.27. The number of carbonyl (C=O) groups excluding carboxylic acids is 2. The molecule has 0 aromatic heterocycles. The first-order valence-corrected chi connectivity index (χ1v) is 12.3. The van der Waals surface area contributed by atoms with Gasteiger partial charge < -0.3 is 0 Å². The molecule has 12 heteroatoms. The van der Waals surface area contributed by atoms with Gasteiger partial charge in [-0.1, -0.05) is 53.9 Å². The second-order valence-corrected chi connectivity index (χ2v) is 10.1. The molecule has 0 radical (unpaired) electrons. The second kappa shape index (κ2) is 12.8.